The second-order valence-electron chi connectivity index (χ2n) is 6.22. The molecule has 29 heavy (non-hydrogen) atoms. The van der Waals surface area contributed by atoms with Crippen molar-refractivity contribution in [3.63, 3.8) is 0 Å². The number of aromatic nitrogens is 1. The summed E-state index contributed by atoms with van der Waals surface area (Å²) in [7, 11) is -1.83. The van der Waals surface area contributed by atoms with E-state index in [9.17, 15) is 13.0 Å². The first kappa shape index (κ1) is 19.2. The Balaban J connectivity index is 1.99. The Morgan fingerprint density at radius 1 is 0.966 bits per heavy atom. The second-order valence-corrected chi connectivity index (χ2v) is 8.11. The van der Waals surface area contributed by atoms with Crippen molar-refractivity contribution in [2.75, 3.05) is 0 Å². The molecule has 0 amide bonds. The average molecular weight is 425 g/mol. The molecule has 3 nitrogen and oxygen atoms in total. The number of nitriles is 1. The summed E-state index contributed by atoms with van der Waals surface area (Å²) in [6, 6.07) is 16.5. The summed E-state index contributed by atoms with van der Waals surface area (Å²) in [5.41, 5.74) is 1.74. The van der Waals surface area contributed by atoms with Gasteiger partial charge in [-0.15, -0.1) is 0 Å². The van der Waals surface area contributed by atoms with Gasteiger partial charge < -0.3 is 0 Å². The number of pyridine rings is 1. The maximum absolute atomic E-state index is 13.9. The molecule has 1 heterocycles. The predicted octanol–water partition coefficient (Wildman–Crippen LogP) is 5.87. The van der Waals surface area contributed by atoms with Gasteiger partial charge in [-0.05, 0) is 48.0 Å². The zero-order valence-corrected chi connectivity index (χ0v) is 16.3. The Morgan fingerprint density at radius 2 is 1.72 bits per heavy atom. The molecule has 0 fully saturated rings. The highest BCUT2D eigenvalue weighted by Crippen LogP contribution is 2.35. The van der Waals surface area contributed by atoms with E-state index >= 15 is 0 Å². The quantitative estimate of drug-likeness (QED) is 0.413. The first-order valence-corrected chi connectivity index (χ1v) is 9.96. The van der Waals surface area contributed by atoms with Gasteiger partial charge in [0, 0.05) is 33.1 Å². The highest BCUT2D eigenvalue weighted by molar-refractivity contribution is 7.85. The molecule has 0 radical (unpaired) electrons. The molecule has 0 saturated heterocycles. The molecule has 0 saturated carbocycles. The zero-order valence-electron chi connectivity index (χ0n) is 14.7. The van der Waals surface area contributed by atoms with Crippen LogP contribution in [0.4, 0.5) is 8.78 Å². The number of benzene rings is 3. The lowest BCUT2D eigenvalue weighted by molar-refractivity contribution is 0.622. The zero-order chi connectivity index (χ0) is 20.5. The third-order valence-electron chi connectivity index (χ3n) is 4.34. The Hall–Kier alpha value is -3.14. The molecule has 142 valence electrons. The van der Waals surface area contributed by atoms with Crippen molar-refractivity contribution < 1.29 is 13.0 Å². The monoisotopic (exact) mass is 424 g/mol. The Kier molecular flexibility index (Phi) is 5.10. The lowest BCUT2D eigenvalue weighted by Gasteiger charge is -2.13. The number of fused-ring (bicyclic) bond motifs is 1. The Morgan fingerprint density at radius 3 is 2.45 bits per heavy atom. The second kappa shape index (κ2) is 7.70. The van der Waals surface area contributed by atoms with Crippen molar-refractivity contribution >= 4 is 33.3 Å². The molecule has 0 N–H and O–H groups in total. The smallest absolute Gasteiger partial charge is 0.125 e. The van der Waals surface area contributed by atoms with Crippen LogP contribution in [0, 0.1) is 23.0 Å². The minimum Gasteiger partial charge on any atom is -0.255 e. The van der Waals surface area contributed by atoms with Crippen LogP contribution < -0.4 is 0 Å². The molecule has 0 aliphatic rings. The SMILES string of the molecule is N#Cc1cc(F)cc(S(=O)c2cnc3cc(F)ccc3c2-c2ccc(Cl)cc2)c1. The molecule has 0 spiro atoms. The van der Waals surface area contributed by atoms with E-state index in [-0.39, 0.29) is 10.5 Å². The van der Waals surface area contributed by atoms with E-state index in [4.69, 9.17) is 16.9 Å². The number of hydrogen-bond acceptors (Lipinski definition) is 3. The summed E-state index contributed by atoms with van der Waals surface area (Å²) in [4.78, 5) is 4.70. The van der Waals surface area contributed by atoms with E-state index in [1.165, 1.54) is 24.4 Å². The van der Waals surface area contributed by atoms with Gasteiger partial charge in [-0.1, -0.05) is 23.7 Å². The molecular formula is C22H11ClF2N2OS. The van der Waals surface area contributed by atoms with Crippen molar-refractivity contribution in [3.05, 3.63) is 89.1 Å². The van der Waals surface area contributed by atoms with Gasteiger partial charge >= 0.3 is 0 Å². The van der Waals surface area contributed by atoms with Crippen molar-refractivity contribution in [1.29, 1.82) is 5.26 Å². The molecule has 0 bridgehead atoms. The van der Waals surface area contributed by atoms with Crippen LogP contribution in [0.2, 0.25) is 5.02 Å². The van der Waals surface area contributed by atoms with Crippen molar-refractivity contribution in [3.8, 4) is 17.2 Å². The lowest BCUT2D eigenvalue weighted by atomic mass is 10.0. The van der Waals surface area contributed by atoms with Crippen LogP contribution in [0.1, 0.15) is 5.56 Å². The molecule has 1 unspecified atom stereocenters. The standard InChI is InChI=1S/C22H11ClF2N2OS/c23-15-3-1-14(2-4-15)22-19-6-5-16(24)10-20(19)27-12-21(22)29(28)18-8-13(11-26)7-17(25)9-18/h1-10,12H. The summed E-state index contributed by atoms with van der Waals surface area (Å²) in [5.74, 6) is -1.10. The Bertz CT molecular complexity index is 1320. The molecule has 4 rings (SSSR count). The first-order valence-electron chi connectivity index (χ1n) is 8.43. The third kappa shape index (κ3) is 3.75. The minimum atomic E-state index is -1.83. The fourth-order valence-corrected chi connectivity index (χ4v) is 4.46. The summed E-state index contributed by atoms with van der Waals surface area (Å²) in [6.45, 7) is 0. The molecule has 4 aromatic rings. The summed E-state index contributed by atoms with van der Waals surface area (Å²) in [5, 5.41) is 10.2. The number of halogens is 3. The summed E-state index contributed by atoms with van der Waals surface area (Å²) in [6.07, 6.45) is 1.39. The predicted molar refractivity (Wildman–Crippen MR) is 108 cm³/mol. The van der Waals surface area contributed by atoms with Gasteiger partial charge in [0.15, 0.2) is 0 Å². The van der Waals surface area contributed by atoms with Gasteiger partial charge in [0.25, 0.3) is 0 Å². The third-order valence-corrected chi connectivity index (χ3v) is 5.97. The largest absolute Gasteiger partial charge is 0.255 e. The minimum absolute atomic E-state index is 0.0669. The van der Waals surface area contributed by atoms with Gasteiger partial charge in [-0.25, -0.2) is 13.0 Å². The summed E-state index contributed by atoms with van der Waals surface area (Å²) < 4.78 is 40.9. The van der Waals surface area contributed by atoms with Crippen LogP contribution in [0.15, 0.2) is 76.7 Å². The van der Waals surface area contributed by atoms with Gasteiger partial charge in [-0.3, -0.25) is 4.98 Å². The molecule has 1 aromatic heterocycles. The van der Waals surface area contributed by atoms with Gasteiger partial charge in [-0.2, -0.15) is 5.26 Å². The lowest BCUT2D eigenvalue weighted by Crippen LogP contribution is -2.00. The van der Waals surface area contributed by atoms with Crippen molar-refractivity contribution in [1.82, 2.24) is 4.98 Å². The van der Waals surface area contributed by atoms with Crippen LogP contribution in [0.25, 0.3) is 22.0 Å². The Labute approximate surface area is 172 Å². The highest BCUT2D eigenvalue weighted by Gasteiger charge is 2.19. The summed E-state index contributed by atoms with van der Waals surface area (Å²) >= 11 is 5.99. The fraction of sp³-hybridized carbons (Fsp3) is 0. The molecule has 0 aliphatic heterocycles. The van der Waals surface area contributed by atoms with Crippen LogP contribution >= 0.6 is 11.6 Å². The van der Waals surface area contributed by atoms with Gasteiger partial charge in [0.05, 0.1) is 32.8 Å². The van der Waals surface area contributed by atoms with E-state index < -0.39 is 22.4 Å². The van der Waals surface area contributed by atoms with Crippen LogP contribution in [0.3, 0.4) is 0 Å². The number of hydrogen-bond donors (Lipinski definition) is 0. The molecule has 7 heteroatoms. The van der Waals surface area contributed by atoms with Crippen molar-refractivity contribution in [2.24, 2.45) is 0 Å². The van der Waals surface area contributed by atoms with Crippen LogP contribution in [0.5, 0.6) is 0 Å². The van der Waals surface area contributed by atoms with Crippen molar-refractivity contribution in [2.45, 2.75) is 9.79 Å². The number of rotatable bonds is 3. The first-order chi connectivity index (χ1) is 14.0. The molecular weight excluding hydrogens is 414 g/mol. The normalized spacial score (nSPS) is 11.9. The van der Waals surface area contributed by atoms with Crippen LogP contribution in [-0.4, -0.2) is 9.19 Å². The fourth-order valence-electron chi connectivity index (χ4n) is 3.06. The maximum Gasteiger partial charge on any atom is 0.125 e. The van der Waals surface area contributed by atoms with E-state index in [2.05, 4.69) is 4.98 Å². The molecule has 3 aromatic carbocycles. The molecule has 0 aliphatic carbocycles. The van der Waals surface area contributed by atoms with Gasteiger partial charge in [0.1, 0.15) is 11.6 Å². The van der Waals surface area contributed by atoms with E-state index in [1.54, 1.807) is 30.3 Å². The molecule has 1 atom stereocenters. The average Bonchev–Trinajstić information content (AvgIpc) is 2.72. The maximum atomic E-state index is 13.9. The number of nitrogens with zero attached hydrogens (tertiary/aromatic N) is 2. The van der Waals surface area contributed by atoms with E-state index in [0.717, 1.165) is 12.1 Å². The van der Waals surface area contributed by atoms with Crippen LogP contribution in [-0.2, 0) is 10.8 Å². The van der Waals surface area contributed by atoms with E-state index in [1.807, 2.05) is 6.07 Å². The van der Waals surface area contributed by atoms with Gasteiger partial charge in [0.2, 0.25) is 0 Å². The topological polar surface area (TPSA) is 53.8 Å². The van der Waals surface area contributed by atoms with E-state index in [0.29, 0.717) is 31.9 Å². The highest BCUT2D eigenvalue weighted by atomic mass is 35.5.